The van der Waals surface area contributed by atoms with E-state index in [4.69, 9.17) is 15.7 Å². The lowest BCUT2D eigenvalue weighted by Crippen LogP contribution is -2.48. The summed E-state index contributed by atoms with van der Waals surface area (Å²) in [5.41, 5.74) is 8.17. The van der Waals surface area contributed by atoms with Gasteiger partial charge in [-0.15, -0.1) is 0 Å². The molecule has 2 unspecified atom stereocenters. The van der Waals surface area contributed by atoms with Gasteiger partial charge in [0.1, 0.15) is 5.69 Å². The number of carboxylic acid groups (broad SMARTS) is 1. The number of nitrogens with zero attached hydrogens (tertiary/aromatic N) is 2. The molecule has 1 saturated heterocycles. The van der Waals surface area contributed by atoms with E-state index in [0.717, 1.165) is 10.9 Å². The number of carbonyl (C=O) groups is 4. The van der Waals surface area contributed by atoms with Crippen LogP contribution < -0.4 is 11.1 Å². The highest BCUT2D eigenvalue weighted by atomic mass is 16.5. The number of carbonyl (C=O) groups excluding carboxylic acids is 3. The number of benzene rings is 2. The third kappa shape index (κ3) is 6.72. The summed E-state index contributed by atoms with van der Waals surface area (Å²) in [5, 5.41) is 24.7. The van der Waals surface area contributed by atoms with Crippen LogP contribution in [-0.4, -0.2) is 75.0 Å². The second-order valence-corrected chi connectivity index (χ2v) is 10.1. The van der Waals surface area contributed by atoms with Crippen molar-refractivity contribution in [2.45, 2.75) is 45.4 Å². The van der Waals surface area contributed by atoms with E-state index in [9.17, 15) is 24.3 Å². The molecular weight excluding hydrogens is 530 g/mol. The van der Waals surface area contributed by atoms with Gasteiger partial charge in [0.2, 0.25) is 12.1 Å². The van der Waals surface area contributed by atoms with Gasteiger partial charge in [-0.2, -0.15) is 0 Å². The average Bonchev–Trinajstić information content (AvgIpc) is 3.32. The number of aliphatic carboxylic acids is 1. The van der Waals surface area contributed by atoms with Gasteiger partial charge in [0.05, 0.1) is 6.10 Å². The van der Waals surface area contributed by atoms with E-state index >= 15 is 0 Å². The predicted octanol–water partition coefficient (Wildman–Crippen LogP) is 2.63. The molecule has 4 rings (SSSR count). The molecule has 1 aliphatic rings. The number of hydrogen-bond donors (Lipinski definition) is 5. The van der Waals surface area contributed by atoms with Crippen molar-refractivity contribution in [3.63, 3.8) is 0 Å². The van der Waals surface area contributed by atoms with Crippen molar-refractivity contribution in [1.82, 2.24) is 15.2 Å². The molecule has 1 fully saturated rings. The van der Waals surface area contributed by atoms with E-state index < -0.39 is 30.1 Å². The Kier molecular flexibility index (Phi) is 9.03. The zero-order valence-electron chi connectivity index (χ0n) is 22.8. The Balaban J connectivity index is 1.28. The fourth-order valence-corrected chi connectivity index (χ4v) is 4.94. The summed E-state index contributed by atoms with van der Waals surface area (Å²) in [7, 11) is 0. The number of oxime groups is 1. The molecule has 2 atom stereocenters. The quantitative estimate of drug-likeness (QED) is 0.0621. The number of ketones is 1. The van der Waals surface area contributed by atoms with Crippen LogP contribution >= 0.6 is 0 Å². The standard InChI is InChI=1S/C29H33N5O7/c1-16(15-23(35)18-7-9-19(10-8-18)25(30)33-40)28(37)34-13-11-20(12-14-34)41-27(29(38)39)32-26(36)24-17(2)21-5-3-4-6-22(21)31-24/h3-10,16,20,27,31,40H,11-15H2,1-2H3,(H2,30,33)(H,32,36)(H,38,39). The van der Waals surface area contributed by atoms with E-state index in [0.29, 0.717) is 42.6 Å². The summed E-state index contributed by atoms with van der Waals surface area (Å²) in [4.78, 5) is 55.1. The van der Waals surface area contributed by atoms with Crippen LogP contribution in [0.1, 0.15) is 58.2 Å². The minimum absolute atomic E-state index is 0.0124. The molecule has 3 aromatic rings. The van der Waals surface area contributed by atoms with E-state index in [1.807, 2.05) is 24.3 Å². The van der Waals surface area contributed by atoms with Crippen molar-refractivity contribution in [1.29, 1.82) is 0 Å². The lowest BCUT2D eigenvalue weighted by Gasteiger charge is -2.34. The number of aromatic amines is 1. The third-order valence-corrected chi connectivity index (χ3v) is 7.29. The highest BCUT2D eigenvalue weighted by Gasteiger charge is 2.32. The number of aromatic nitrogens is 1. The number of carboxylic acids is 1. The largest absolute Gasteiger partial charge is 0.478 e. The fourth-order valence-electron chi connectivity index (χ4n) is 4.94. The van der Waals surface area contributed by atoms with Gasteiger partial charge >= 0.3 is 5.97 Å². The molecule has 0 spiro atoms. The monoisotopic (exact) mass is 563 g/mol. The number of nitrogens with two attached hydrogens (primary N) is 1. The normalized spacial score (nSPS) is 15.9. The van der Waals surface area contributed by atoms with Crippen LogP contribution in [0.5, 0.6) is 0 Å². The van der Waals surface area contributed by atoms with Crippen molar-refractivity contribution in [2.75, 3.05) is 13.1 Å². The minimum Gasteiger partial charge on any atom is -0.478 e. The molecule has 1 aliphatic heterocycles. The van der Waals surface area contributed by atoms with Gasteiger partial charge in [0.15, 0.2) is 11.6 Å². The Bertz CT molecular complexity index is 1470. The number of fused-ring (bicyclic) bond motifs is 1. The van der Waals surface area contributed by atoms with Crippen molar-refractivity contribution >= 4 is 40.3 Å². The molecule has 0 radical (unpaired) electrons. The van der Waals surface area contributed by atoms with Gasteiger partial charge < -0.3 is 36.0 Å². The third-order valence-electron chi connectivity index (χ3n) is 7.29. The summed E-state index contributed by atoms with van der Waals surface area (Å²) < 4.78 is 5.73. The lowest BCUT2D eigenvalue weighted by atomic mass is 9.96. The summed E-state index contributed by atoms with van der Waals surface area (Å²) in [5.74, 6) is -2.92. The number of amidine groups is 1. The zero-order chi connectivity index (χ0) is 29.7. The number of para-hydroxylation sites is 1. The van der Waals surface area contributed by atoms with Gasteiger partial charge in [-0.05, 0) is 31.4 Å². The molecule has 2 aromatic carbocycles. The summed E-state index contributed by atoms with van der Waals surface area (Å²) in [6, 6.07) is 13.7. The number of piperidine rings is 1. The number of rotatable bonds is 10. The second kappa shape index (κ2) is 12.6. The highest BCUT2D eigenvalue weighted by Crippen LogP contribution is 2.22. The number of nitrogens with one attached hydrogen (secondary N) is 2. The van der Waals surface area contributed by atoms with Crippen LogP contribution in [0, 0.1) is 12.8 Å². The Labute approximate surface area is 236 Å². The van der Waals surface area contributed by atoms with Crippen molar-refractivity contribution < 1.29 is 34.2 Å². The molecule has 1 aromatic heterocycles. The van der Waals surface area contributed by atoms with Gasteiger partial charge in [0, 0.05) is 47.5 Å². The van der Waals surface area contributed by atoms with Crippen LogP contribution in [-0.2, 0) is 14.3 Å². The topological polar surface area (TPSA) is 187 Å². The van der Waals surface area contributed by atoms with Crippen molar-refractivity contribution in [3.8, 4) is 0 Å². The van der Waals surface area contributed by atoms with E-state index in [2.05, 4.69) is 15.5 Å². The van der Waals surface area contributed by atoms with Gasteiger partial charge in [-0.25, -0.2) is 4.79 Å². The molecule has 6 N–H and O–H groups in total. The first kappa shape index (κ1) is 29.3. The molecular formula is C29H33N5O7. The Hall–Kier alpha value is -4.71. The highest BCUT2D eigenvalue weighted by molar-refractivity contribution is 6.02. The van der Waals surface area contributed by atoms with Crippen molar-refractivity contribution in [2.24, 2.45) is 16.8 Å². The predicted molar refractivity (Wildman–Crippen MR) is 150 cm³/mol. The minimum atomic E-state index is -1.55. The maximum Gasteiger partial charge on any atom is 0.354 e. The number of Topliss-reactive ketones (excluding diaryl/α,β-unsaturated/α-hetero) is 1. The Morgan fingerprint density at radius 3 is 2.34 bits per heavy atom. The van der Waals surface area contributed by atoms with E-state index in [1.165, 1.54) is 0 Å². The zero-order valence-corrected chi connectivity index (χ0v) is 22.8. The first-order chi connectivity index (χ1) is 19.6. The molecule has 2 amide bonds. The summed E-state index contributed by atoms with van der Waals surface area (Å²) >= 11 is 0. The number of ether oxygens (including phenoxy) is 1. The molecule has 12 heteroatoms. The van der Waals surface area contributed by atoms with E-state index in [1.54, 1.807) is 43.0 Å². The first-order valence-electron chi connectivity index (χ1n) is 13.3. The first-order valence-corrected chi connectivity index (χ1v) is 13.3. The molecule has 41 heavy (non-hydrogen) atoms. The van der Waals surface area contributed by atoms with Crippen LogP contribution in [0.4, 0.5) is 0 Å². The fraction of sp³-hybridized carbons (Fsp3) is 0.345. The number of aryl methyl sites for hydroxylation is 1. The number of hydrogen-bond acceptors (Lipinski definition) is 7. The summed E-state index contributed by atoms with van der Waals surface area (Å²) in [6.07, 6.45) is -1.25. The lowest BCUT2D eigenvalue weighted by molar-refractivity contribution is -0.159. The average molecular weight is 564 g/mol. The maximum absolute atomic E-state index is 13.0. The smallest absolute Gasteiger partial charge is 0.354 e. The molecule has 216 valence electrons. The van der Waals surface area contributed by atoms with Gasteiger partial charge in [0.25, 0.3) is 5.91 Å². The van der Waals surface area contributed by atoms with E-state index in [-0.39, 0.29) is 29.6 Å². The second-order valence-electron chi connectivity index (χ2n) is 10.1. The van der Waals surface area contributed by atoms with Crippen LogP contribution in [0.15, 0.2) is 53.7 Å². The molecule has 2 heterocycles. The van der Waals surface area contributed by atoms with Gasteiger partial charge in [-0.1, -0.05) is 54.5 Å². The SMILES string of the molecule is Cc1c(C(=O)NC(OC2CCN(C(=O)C(C)CC(=O)c3ccc(/C(N)=N/O)cc3)CC2)C(=O)O)[nH]c2ccccc12. The van der Waals surface area contributed by atoms with Gasteiger partial charge in [-0.3, -0.25) is 14.4 Å². The Morgan fingerprint density at radius 2 is 1.73 bits per heavy atom. The summed E-state index contributed by atoms with van der Waals surface area (Å²) in [6.45, 7) is 4.14. The molecule has 0 saturated carbocycles. The Morgan fingerprint density at radius 1 is 1.10 bits per heavy atom. The van der Waals surface area contributed by atoms with Crippen LogP contribution in [0.2, 0.25) is 0 Å². The van der Waals surface area contributed by atoms with Crippen molar-refractivity contribution in [3.05, 3.63) is 70.9 Å². The van der Waals surface area contributed by atoms with Crippen LogP contribution in [0.25, 0.3) is 10.9 Å². The number of H-pyrrole nitrogens is 1. The maximum atomic E-state index is 13.0. The molecule has 12 nitrogen and oxygen atoms in total. The molecule has 0 aliphatic carbocycles. The number of amides is 2. The number of likely N-dealkylation sites (tertiary alicyclic amines) is 1. The molecule has 0 bridgehead atoms. The van der Waals surface area contributed by atoms with Crippen LogP contribution in [0.3, 0.4) is 0 Å².